The summed E-state index contributed by atoms with van der Waals surface area (Å²) in [7, 11) is 0. The molecule has 3 N–H and O–H groups in total. The molecule has 0 bridgehead atoms. The van der Waals surface area contributed by atoms with Gasteiger partial charge in [0.1, 0.15) is 17.8 Å². The van der Waals surface area contributed by atoms with Crippen molar-refractivity contribution in [2.75, 3.05) is 16.0 Å². The van der Waals surface area contributed by atoms with Crippen LogP contribution in [0.4, 0.5) is 35.2 Å². The van der Waals surface area contributed by atoms with Crippen LogP contribution in [0.1, 0.15) is 15.9 Å². The Morgan fingerprint density at radius 2 is 1.56 bits per heavy atom. The predicted octanol–water partition coefficient (Wildman–Crippen LogP) is 6.99. The zero-order valence-electron chi connectivity index (χ0n) is 19.8. The SMILES string of the molecule is O=C(Nc1cccc(-n2ccc3c(NC(=O)c4ccccc4)ncnc32)c1)Nc1ccc(Cl)c(C(F)(F)F)c1. The average Bonchev–Trinajstić information content (AvgIpc) is 3.35. The molecule has 0 atom stereocenters. The minimum atomic E-state index is -4.66. The van der Waals surface area contributed by atoms with E-state index in [9.17, 15) is 22.8 Å². The van der Waals surface area contributed by atoms with Crippen LogP contribution in [-0.4, -0.2) is 26.5 Å². The number of carbonyl (C=O) groups excluding carboxylic acids is 2. The van der Waals surface area contributed by atoms with Gasteiger partial charge in [-0.05, 0) is 54.6 Å². The van der Waals surface area contributed by atoms with Crippen LogP contribution in [-0.2, 0) is 6.18 Å². The maximum absolute atomic E-state index is 13.1. The molecule has 0 radical (unpaired) electrons. The van der Waals surface area contributed by atoms with Gasteiger partial charge in [-0.2, -0.15) is 13.2 Å². The number of halogens is 4. The zero-order chi connectivity index (χ0) is 27.6. The van der Waals surface area contributed by atoms with Crippen LogP contribution < -0.4 is 16.0 Å². The second kappa shape index (κ2) is 10.5. The van der Waals surface area contributed by atoms with E-state index in [4.69, 9.17) is 11.6 Å². The Balaban J connectivity index is 1.35. The van der Waals surface area contributed by atoms with E-state index in [1.807, 2.05) is 6.07 Å². The van der Waals surface area contributed by atoms with Gasteiger partial charge in [-0.1, -0.05) is 35.9 Å². The van der Waals surface area contributed by atoms with E-state index >= 15 is 0 Å². The van der Waals surface area contributed by atoms with Gasteiger partial charge in [-0.15, -0.1) is 0 Å². The van der Waals surface area contributed by atoms with Crippen LogP contribution in [0.15, 0.2) is 91.4 Å². The molecule has 196 valence electrons. The summed E-state index contributed by atoms with van der Waals surface area (Å²) in [6, 6.07) is 19.6. The lowest BCUT2D eigenvalue weighted by atomic mass is 10.2. The number of anilines is 3. The van der Waals surface area contributed by atoms with Crippen molar-refractivity contribution in [3.8, 4) is 5.69 Å². The molecule has 8 nitrogen and oxygen atoms in total. The number of carbonyl (C=O) groups is 2. The topological polar surface area (TPSA) is 101 Å². The van der Waals surface area contributed by atoms with Gasteiger partial charge in [0.05, 0.1) is 16.0 Å². The summed E-state index contributed by atoms with van der Waals surface area (Å²) in [6.07, 6.45) is -1.59. The van der Waals surface area contributed by atoms with Crippen molar-refractivity contribution >= 4 is 51.8 Å². The molecule has 3 amide bonds. The maximum Gasteiger partial charge on any atom is 0.417 e. The molecule has 0 unspecified atom stereocenters. The summed E-state index contributed by atoms with van der Waals surface area (Å²) in [5.41, 5.74) is 0.879. The first kappa shape index (κ1) is 25.7. The van der Waals surface area contributed by atoms with Crippen LogP contribution in [0.3, 0.4) is 0 Å². The van der Waals surface area contributed by atoms with Gasteiger partial charge in [-0.25, -0.2) is 14.8 Å². The minimum Gasteiger partial charge on any atom is -0.308 e. The highest BCUT2D eigenvalue weighted by molar-refractivity contribution is 6.31. The molecule has 0 aliphatic rings. The average molecular weight is 551 g/mol. The summed E-state index contributed by atoms with van der Waals surface area (Å²) in [6.45, 7) is 0. The molecule has 2 aromatic heterocycles. The molecule has 0 aliphatic carbocycles. The molecular formula is C27H18ClF3N6O2. The van der Waals surface area contributed by atoms with Crippen LogP contribution in [0.5, 0.6) is 0 Å². The Bertz CT molecular complexity index is 1690. The number of fused-ring (bicyclic) bond motifs is 1. The van der Waals surface area contributed by atoms with Gasteiger partial charge >= 0.3 is 12.2 Å². The number of nitrogens with one attached hydrogen (secondary N) is 3. The van der Waals surface area contributed by atoms with Gasteiger partial charge < -0.3 is 20.5 Å². The largest absolute Gasteiger partial charge is 0.417 e. The fourth-order valence-corrected chi connectivity index (χ4v) is 4.10. The van der Waals surface area contributed by atoms with E-state index in [1.54, 1.807) is 65.4 Å². The fraction of sp³-hybridized carbons (Fsp3) is 0.0370. The van der Waals surface area contributed by atoms with Crippen molar-refractivity contribution in [2.24, 2.45) is 0 Å². The van der Waals surface area contributed by atoms with E-state index in [0.29, 0.717) is 33.8 Å². The van der Waals surface area contributed by atoms with Crippen molar-refractivity contribution in [2.45, 2.75) is 6.18 Å². The first-order valence-electron chi connectivity index (χ1n) is 11.4. The molecule has 0 saturated carbocycles. The molecule has 0 fully saturated rings. The van der Waals surface area contributed by atoms with E-state index in [1.165, 1.54) is 12.4 Å². The van der Waals surface area contributed by atoms with Crippen LogP contribution >= 0.6 is 11.6 Å². The Morgan fingerprint density at radius 3 is 2.31 bits per heavy atom. The van der Waals surface area contributed by atoms with Gasteiger partial charge in [0.15, 0.2) is 0 Å². The summed E-state index contributed by atoms with van der Waals surface area (Å²) in [5.74, 6) is 0.0195. The normalized spacial score (nSPS) is 11.3. The third-order valence-electron chi connectivity index (χ3n) is 5.66. The fourth-order valence-electron chi connectivity index (χ4n) is 3.88. The van der Waals surface area contributed by atoms with Crippen molar-refractivity contribution in [3.63, 3.8) is 0 Å². The third kappa shape index (κ3) is 5.68. The lowest BCUT2D eigenvalue weighted by molar-refractivity contribution is -0.137. The Kier molecular flexibility index (Phi) is 6.90. The summed E-state index contributed by atoms with van der Waals surface area (Å²) in [5, 5.41) is 7.91. The summed E-state index contributed by atoms with van der Waals surface area (Å²) < 4.78 is 41.1. The van der Waals surface area contributed by atoms with Gasteiger partial charge in [-0.3, -0.25) is 4.79 Å². The zero-order valence-corrected chi connectivity index (χ0v) is 20.6. The van der Waals surface area contributed by atoms with Crippen LogP contribution in [0, 0.1) is 0 Å². The highest BCUT2D eigenvalue weighted by atomic mass is 35.5. The monoisotopic (exact) mass is 550 g/mol. The number of alkyl halides is 3. The Hall–Kier alpha value is -4.90. The van der Waals surface area contributed by atoms with Gasteiger partial charge in [0.2, 0.25) is 0 Å². The maximum atomic E-state index is 13.1. The van der Waals surface area contributed by atoms with Crippen LogP contribution in [0.25, 0.3) is 16.7 Å². The van der Waals surface area contributed by atoms with Crippen molar-refractivity contribution in [1.29, 1.82) is 0 Å². The lowest BCUT2D eigenvalue weighted by Gasteiger charge is -2.13. The highest BCUT2D eigenvalue weighted by Gasteiger charge is 2.33. The van der Waals surface area contributed by atoms with Crippen molar-refractivity contribution in [3.05, 3.63) is 108 Å². The van der Waals surface area contributed by atoms with E-state index in [0.717, 1.165) is 12.1 Å². The smallest absolute Gasteiger partial charge is 0.308 e. The van der Waals surface area contributed by atoms with Crippen LogP contribution in [0.2, 0.25) is 5.02 Å². The second-order valence-electron chi connectivity index (χ2n) is 8.29. The standard InChI is InChI=1S/C27H18ClF3N6O2/c28-22-10-9-18(14-21(22)27(29,30)31)35-26(39)34-17-7-4-8-19(13-17)37-12-11-20-23(32-15-33-24(20)37)36-25(38)16-5-2-1-3-6-16/h1-15H,(H2,34,35,39)(H,32,33,36,38). The number of hydrogen-bond acceptors (Lipinski definition) is 4. The lowest BCUT2D eigenvalue weighted by Crippen LogP contribution is -2.20. The Labute approximate surface area is 224 Å². The molecule has 39 heavy (non-hydrogen) atoms. The number of aromatic nitrogens is 3. The van der Waals surface area contributed by atoms with Crippen molar-refractivity contribution < 1.29 is 22.8 Å². The quantitative estimate of drug-likeness (QED) is 0.219. The van der Waals surface area contributed by atoms with Gasteiger partial charge in [0, 0.05) is 28.8 Å². The predicted molar refractivity (Wildman–Crippen MR) is 142 cm³/mol. The van der Waals surface area contributed by atoms with Crippen molar-refractivity contribution in [1.82, 2.24) is 14.5 Å². The highest BCUT2D eigenvalue weighted by Crippen LogP contribution is 2.36. The molecular weight excluding hydrogens is 533 g/mol. The number of benzene rings is 3. The first-order chi connectivity index (χ1) is 18.7. The summed E-state index contributed by atoms with van der Waals surface area (Å²) in [4.78, 5) is 33.6. The summed E-state index contributed by atoms with van der Waals surface area (Å²) >= 11 is 5.64. The number of urea groups is 1. The molecule has 5 rings (SSSR count). The molecule has 5 aromatic rings. The minimum absolute atomic E-state index is 0.0708. The second-order valence-corrected chi connectivity index (χ2v) is 8.69. The molecule has 0 aliphatic heterocycles. The number of hydrogen-bond donors (Lipinski definition) is 3. The molecule has 2 heterocycles. The molecule has 12 heteroatoms. The van der Waals surface area contributed by atoms with E-state index < -0.39 is 22.8 Å². The van der Waals surface area contributed by atoms with E-state index in [-0.39, 0.29) is 11.6 Å². The first-order valence-corrected chi connectivity index (χ1v) is 11.8. The Morgan fingerprint density at radius 1 is 0.821 bits per heavy atom. The molecule has 0 spiro atoms. The van der Waals surface area contributed by atoms with E-state index in [2.05, 4.69) is 25.9 Å². The van der Waals surface area contributed by atoms with Gasteiger partial charge in [0.25, 0.3) is 5.91 Å². The number of rotatable bonds is 5. The molecule has 0 saturated heterocycles. The number of nitrogens with zero attached hydrogens (tertiary/aromatic N) is 3. The number of amides is 3. The molecule has 3 aromatic carbocycles. The third-order valence-corrected chi connectivity index (χ3v) is 5.99.